The maximum atomic E-state index is 11.9. The van der Waals surface area contributed by atoms with Gasteiger partial charge in [-0.15, -0.1) is 0 Å². The molecule has 2 N–H and O–H groups in total. The molecular formula is C19H21N3OS. The van der Waals surface area contributed by atoms with Crippen molar-refractivity contribution in [3.63, 3.8) is 0 Å². The van der Waals surface area contributed by atoms with Crippen LogP contribution >= 0.6 is 12.2 Å². The van der Waals surface area contributed by atoms with Crippen LogP contribution in [0.4, 0.5) is 0 Å². The van der Waals surface area contributed by atoms with Crippen molar-refractivity contribution < 1.29 is 4.79 Å². The zero-order valence-corrected chi connectivity index (χ0v) is 15.2. The summed E-state index contributed by atoms with van der Waals surface area (Å²) in [5, 5.41) is 5.85. The number of amides is 1. The van der Waals surface area contributed by atoms with E-state index in [4.69, 9.17) is 12.2 Å². The molecule has 24 heavy (non-hydrogen) atoms. The van der Waals surface area contributed by atoms with Gasteiger partial charge in [-0.2, -0.15) is 0 Å². The largest absolute Gasteiger partial charge is 0.328 e. The van der Waals surface area contributed by atoms with Crippen molar-refractivity contribution in [1.82, 2.24) is 15.2 Å². The Labute approximate surface area is 147 Å². The highest BCUT2D eigenvalue weighted by atomic mass is 32.1. The van der Waals surface area contributed by atoms with Crippen molar-refractivity contribution >= 4 is 29.3 Å². The summed E-state index contributed by atoms with van der Waals surface area (Å²) in [7, 11) is 0. The standard InChI is InChI=1S/C19H21N3OS/c1-5-14-8-6-7-11(2)17(14)22-12(3)9-15(13(22)4)10-16-18(23)21-19(24)20-16/h6-10H,5H2,1-4H3,(H2,20,21,23,24)/b16-10+. The smallest absolute Gasteiger partial charge is 0.273 e. The third-order valence-corrected chi connectivity index (χ3v) is 4.62. The Kier molecular flexibility index (Phi) is 4.28. The Bertz CT molecular complexity index is 877. The zero-order valence-electron chi connectivity index (χ0n) is 14.4. The molecule has 0 bridgehead atoms. The number of para-hydroxylation sites is 1. The molecule has 0 aliphatic carbocycles. The average molecular weight is 339 g/mol. The highest BCUT2D eigenvalue weighted by molar-refractivity contribution is 7.80. The van der Waals surface area contributed by atoms with Gasteiger partial charge in [0.05, 0.1) is 5.69 Å². The van der Waals surface area contributed by atoms with Gasteiger partial charge in [-0.3, -0.25) is 10.1 Å². The van der Waals surface area contributed by atoms with E-state index in [0.717, 1.165) is 23.4 Å². The van der Waals surface area contributed by atoms with E-state index >= 15 is 0 Å². The number of thiocarbonyl (C=S) groups is 1. The molecule has 0 unspecified atom stereocenters. The third kappa shape index (κ3) is 2.76. The van der Waals surface area contributed by atoms with Gasteiger partial charge in [-0.1, -0.05) is 25.1 Å². The molecule has 0 spiro atoms. The van der Waals surface area contributed by atoms with E-state index in [9.17, 15) is 4.79 Å². The number of benzene rings is 1. The molecular weight excluding hydrogens is 318 g/mol. The van der Waals surface area contributed by atoms with Crippen molar-refractivity contribution in [1.29, 1.82) is 0 Å². The topological polar surface area (TPSA) is 46.1 Å². The number of aryl methyl sites for hydroxylation is 3. The number of rotatable bonds is 3. The van der Waals surface area contributed by atoms with Gasteiger partial charge in [0.25, 0.3) is 5.91 Å². The van der Waals surface area contributed by atoms with E-state index in [1.54, 1.807) is 0 Å². The first-order valence-corrected chi connectivity index (χ1v) is 8.45. The van der Waals surface area contributed by atoms with Crippen LogP contribution in [0, 0.1) is 20.8 Å². The number of carbonyl (C=O) groups is 1. The second-order valence-electron chi connectivity index (χ2n) is 6.06. The number of carbonyl (C=O) groups excluding carboxylic acids is 1. The fourth-order valence-electron chi connectivity index (χ4n) is 3.24. The van der Waals surface area contributed by atoms with Crippen LogP contribution in [0.1, 0.15) is 35.0 Å². The summed E-state index contributed by atoms with van der Waals surface area (Å²) >= 11 is 4.99. The molecule has 1 fully saturated rings. The van der Waals surface area contributed by atoms with Gasteiger partial charge in [-0.25, -0.2) is 0 Å². The van der Waals surface area contributed by atoms with Gasteiger partial charge >= 0.3 is 0 Å². The van der Waals surface area contributed by atoms with Gasteiger partial charge in [0.1, 0.15) is 5.70 Å². The van der Waals surface area contributed by atoms with E-state index < -0.39 is 0 Å². The number of hydrogen-bond acceptors (Lipinski definition) is 2. The molecule has 1 amide bonds. The molecule has 124 valence electrons. The Hall–Kier alpha value is -2.40. The summed E-state index contributed by atoms with van der Waals surface area (Å²) in [6, 6.07) is 8.51. The summed E-state index contributed by atoms with van der Waals surface area (Å²) in [6.07, 6.45) is 2.83. The van der Waals surface area contributed by atoms with Gasteiger partial charge in [0.15, 0.2) is 5.11 Å². The van der Waals surface area contributed by atoms with Crippen molar-refractivity contribution in [3.8, 4) is 5.69 Å². The Balaban J connectivity index is 2.14. The number of hydrogen-bond donors (Lipinski definition) is 2. The van der Waals surface area contributed by atoms with E-state index in [2.05, 4.69) is 67.2 Å². The molecule has 1 aliphatic heterocycles. The van der Waals surface area contributed by atoms with Crippen LogP contribution in [0.5, 0.6) is 0 Å². The minimum Gasteiger partial charge on any atom is -0.328 e. The first-order valence-electron chi connectivity index (χ1n) is 8.04. The quantitative estimate of drug-likeness (QED) is 0.666. The lowest BCUT2D eigenvalue weighted by Crippen LogP contribution is -2.21. The summed E-state index contributed by atoms with van der Waals surface area (Å²) in [5.74, 6) is -0.185. The zero-order chi connectivity index (χ0) is 17.4. The SMILES string of the molecule is CCc1cccc(C)c1-n1c(C)cc(/C=C2/NC(=S)NC2=O)c1C. The Morgan fingerprint density at radius 2 is 1.96 bits per heavy atom. The van der Waals surface area contributed by atoms with Gasteiger partial charge < -0.3 is 9.88 Å². The molecule has 2 heterocycles. The lowest BCUT2D eigenvalue weighted by Gasteiger charge is -2.17. The van der Waals surface area contributed by atoms with Crippen molar-refractivity contribution in [2.24, 2.45) is 0 Å². The maximum absolute atomic E-state index is 11.9. The van der Waals surface area contributed by atoms with E-state index in [-0.39, 0.29) is 5.91 Å². The fraction of sp³-hybridized carbons (Fsp3) is 0.263. The highest BCUT2D eigenvalue weighted by Gasteiger charge is 2.21. The van der Waals surface area contributed by atoms with Crippen LogP contribution < -0.4 is 10.6 Å². The number of nitrogens with one attached hydrogen (secondary N) is 2. The average Bonchev–Trinajstić information content (AvgIpc) is 2.99. The fourth-order valence-corrected chi connectivity index (χ4v) is 3.44. The van der Waals surface area contributed by atoms with Gasteiger partial charge in [0, 0.05) is 11.4 Å². The van der Waals surface area contributed by atoms with Crippen LogP contribution in [-0.2, 0) is 11.2 Å². The van der Waals surface area contributed by atoms with E-state index in [1.807, 2.05) is 6.08 Å². The van der Waals surface area contributed by atoms with Gasteiger partial charge in [-0.05, 0) is 68.2 Å². The predicted molar refractivity (Wildman–Crippen MR) is 101 cm³/mol. The molecule has 3 rings (SSSR count). The van der Waals surface area contributed by atoms with Crippen LogP contribution in [0.3, 0.4) is 0 Å². The second kappa shape index (κ2) is 6.24. The van der Waals surface area contributed by atoms with Crippen LogP contribution in [-0.4, -0.2) is 15.6 Å². The monoisotopic (exact) mass is 339 g/mol. The van der Waals surface area contributed by atoms with Crippen LogP contribution in [0.25, 0.3) is 11.8 Å². The third-order valence-electron chi connectivity index (χ3n) is 4.42. The molecule has 0 radical (unpaired) electrons. The van der Waals surface area contributed by atoms with E-state index in [0.29, 0.717) is 10.8 Å². The minimum atomic E-state index is -0.185. The maximum Gasteiger partial charge on any atom is 0.273 e. The van der Waals surface area contributed by atoms with Crippen molar-refractivity contribution in [2.75, 3.05) is 0 Å². The summed E-state index contributed by atoms with van der Waals surface area (Å²) < 4.78 is 2.27. The molecule has 2 aromatic rings. The van der Waals surface area contributed by atoms with Crippen LogP contribution in [0.15, 0.2) is 30.0 Å². The summed E-state index contributed by atoms with van der Waals surface area (Å²) in [4.78, 5) is 11.9. The molecule has 0 atom stereocenters. The van der Waals surface area contributed by atoms with Crippen LogP contribution in [0.2, 0.25) is 0 Å². The highest BCUT2D eigenvalue weighted by Crippen LogP contribution is 2.27. The molecule has 1 aliphatic rings. The van der Waals surface area contributed by atoms with Crippen molar-refractivity contribution in [3.05, 3.63) is 58.0 Å². The van der Waals surface area contributed by atoms with Crippen molar-refractivity contribution in [2.45, 2.75) is 34.1 Å². The lowest BCUT2D eigenvalue weighted by atomic mass is 10.1. The summed E-state index contributed by atoms with van der Waals surface area (Å²) in [5.41, 5.74) is 7.54. The summed E-state index contributed by atoms with van der Waals surface area (Å²) in [6.45, 7) is 8.48. The Morgan fingerprint density at radius 1 is 1.21 bits per heavy atom. The number of nitrogens with zero attached hydrogens (tertiary/aromatic N) is 1. The molecule has 4 nitrogen and oxygen atoms in total. The molecule has 1 aromatic carbocycles. The lowest BCUT2D eigenvalue weighted by molar-refractivity contribution is -0.115. The normalized spacial score (nSPS) is 15.8. The first-order chi connectivity index (χ1) is 11.4. The minimum absolute atomic E-state index is 0.185. The molecule has 1 aromatic heterocycles. The second-order valence-corrected chi connectivity index (χ2v) is 6.47. The van der Waals surface area contributed by atoms with Gasteiger partial charge in [0.2, 0.25) is 0 Å². The molecule has 5 heteroatoms. The first kappa shape index (κ1) is 16.5. The van der Waals surface area contributed by atoms with E-state index in [1.165, 1.54) is 16.8 Å². The molecule has 1 saturated heterocycles. The molecule has 0 saturated carbocycles. The number of aromatic nitrogens is 1. The predicted octanol–water partition coefficient (Wildman–Crippen LogP) is 3.31. The Morgan fingerprint density at radius 3 is 2.58 bits per heavy atom.